The fourth-order valence-electron chi connectivity index (χ4n) is 6.26. The first-order valence-electron chi connectivity index (χ1n) is 14.6. The van der Waals surface area contributed by atoms with E-state index in [1.54, 1.807) is 17.7 Å². The molecule has 9 rings (SSSR count). The van der Waals surface area contributed by atoms with E-state index in [0.29, 0.717) is 0 Å². The Bertz CT molecular complexity index is 2490. The zero-order chi connectivity index (χ0) is 29.0. The van der Waals surface area contributed by atoms with Gasteiger partial charge >= 0.3 is 0 Å². The van der Waals surface area contributed by atoms with Crippen LogP contribution < -0.4 is 0 Å². The second kappa shape index (κ2) is 10.0. The summed E-state index contributed by atoms with van der Waals surface area (Å²) in [5, 5.41) is 3.42. The quantitative estimate of drug-likeness (QED) is 0.208. The topological polar surface area (TPSA) is 38.9 Å². The first kappa shape index (κ1) is 25.0. The number of hydrogen-bond donors (Lipinski definition) is 0. The van der Waals surface area contributed by atoms with Gasteiger partial charge in [-0.3, -0.25) is 0 Å². The molecule has 0 bridgehead atoms. The number of fused-ring (bicyclic) bond motifs is 6. The lowest BCUT2D eigenvalue weighted by molar-refractivity contribution is 0.670. The highest BCUT2D eigenvalue weighted by Crippen LogP contribution is 2.41. The smallest absolute Gasteiger partial charge is 0.143 e. The minimum atomic E-state index is 0.903. The van der Waals surface area contributed by atoms with Gasteiger partial charge in [-0.2, -0.15) is 0 Å². The van der Waals surface area contributed by atoms with E-state index in [9.17, 15) is 0 Å². The van der Waals surface area contributed by atoms with E-state index in [2.05, 4.69) is 121 Å². The van der Waals surface area contributed by atoms with Crippen molar-refractivity contribution in [2.45, 2.75) is 0 Å². The summed E-state index contributed by atoms with van der Waals surface area (Å²) < 4.78 is 8.65. The maximum atomic E-state index is 6.35. The second-order valence-electron chi connectivity index (χ2n) is 11.0. The van der Waals surface area contributed by atoms with E-state index >= 15 is 0 Å². The molecule has 0 saturated heterocycles. The maximum absolute atomic E-state index is 6.35. The number of hydrogen-bond acceptors (Lipinski definition) is 4. The van der Waals surface area contributed by atoms with Gasteiger partial charge in [-0.15, -0.1) is 11.3 Å². The van der Waals surface area contributed by atoms with Crippen LogP contribution in [0.25, 0.3) is 86.9 Å². The van der Waals surface area contributed by atoms with Gasteiger partial charge in [0.2, 0.25) is 0 Å². The minimum Gasteiger partial charge on any atom is -0.455 e. The second-order valence-corrected chi connectivity index (χ2v) is 12.1. The predicted molar refractivity (Wildman–Crippen MR) is 184 cm³/mol. The predicted octanol–water partition coefficient (Wildman–Crippen LogP) is 11.4. The molecule has 0 amide bonds. The van der Waals surface area contributed by atoms with Gasteiger partial charge < -0.3 is 4.42 Å². The van der Waals surface area contributed by atoms with Gasteiger partial charge in [-0.1, -0.05) is 115 Å². The molecule has 4 heteroatoms. The molecule has 0 aliphatic heterocycles. The monoisotopic (exact) mass is 580 g/mol. The van der Waals surface area contributed by atoms with Gasteiger partial charge in [0.15, 0.2) is 0 Å². The zero-order valence-corrected chi connectivity index (χ0v) is 24.4. The van der Waals surface area contributed by atoms with Crippen molar-refractivity contribution in [2.75, 3.05) is 0 Å². The Morgan fingerprint density at radius 1 is 0.477 bits per heavy atom. The minimum absolute atomic E-state index is 0.903. The summed E-state index contributed by atoms with van der Waals surface area (Å²) >= 11 is 1.75. The van der Waals surface area contributed by atoms with E-state index in [1.807, 2.05) is 18.2 Å². The van der Waals surface area contributed by atoms with Gasteiger partial charge in [-0.25, -0.2) is 9.97 Å². The largest absolute Gasteiger partial charge is 0.455 e. The van der Waals surface area contributed by atoms with Crippen molar-refractivity contribution in [1.29, 1.82) is 0 Å². The van der Waals surface area contributed by atoms with Crippen LogP contribution in [0.3, 0.4) is 0 Å². The lowest BCUT2D eigenvalue weighted by Gasteiger charge is -2.07. The number of para-hydroxylation sites is 2. The molecule has 9 aromatic rings. The fourth-order valence-corrected chi connectivity index (χ4v) is 7.40. The molecule has 0 unspecified atom stereocenters. The summed E-state index contributed by atoms with van der Waals surface area (Å²) in [6.07, 6.45) is 1.69. The Kier molecular flexibility index (Phi) is 5.68. The number of benzene rings is 6. The number of nitrogens with zero attached hydrogens (tertiary/aromatic N) is 2. The van der Waals surface area contributed by atoms with Crippen LogP contribution in [0.1, 0.15) is 0 Å². The van der Waals surface area contributed by atoms with Crippen LogP contribution in [0.4, 0.5) is 0 Å². The molecular formula is C40H24N2OS. The third-order valence-electron chi connectivity index (χ3n) is 8.43. The van der Waals surface area contributed by atoms with Crippen molar-refractivity contribution in [3.05, 3.63) is 146 Å². The van der Waals surface area contributed by atoms with Gasteiger partial charge in [-0.05, 0) is 52.1 Å². The van der Waals surface area contributed by atoms with Crippen LogP contribution in [-0.4, -0.2) is 9.97 Å². The van der Waals surface area contributed by atoms with Crippen LogP contribution in [0.2, 0.25) is 0 Å². The fraction of sp³-hybridized carbons (Fsp3) is 0. The first-order chi connectivity index (χ1) is 21.8. The summed E-state index contributed by atoms with van der Waals surface area (Å²) in [5.74, 6) is 0. The normalized spacial score (nSPS) is 11.6. The molecule has 3 heterocycles. The number of thiophene rings is 1. The molecule has 0 saturated carbocycles. The standard InChI is InChI=1S/C40H24N2OS/c1-2-8-25(9-3-1)26-16-18-27(19-17-26)28-20-21-36-34(23-28)38-40(44-36)37(41-24-42-38)30-11-6-10-29(22-30)31-13-7-14-33-32-12-4-5-15-35(32)43-39(31)33/h1-24H. The maximum Gasteiger partial charge on any atom is 0.143 e. The van der Waals surface area contributed by atoms with Crippen LogP contribution in [-0.2, 0) is 0 Å². The van der Waals surface area contributed by atoms with Crippen LogP contribution in [0, 0.1) is 0 Å². The van der Waals surface area contributed by atoms with Crippen LogP contribution >= 0.6 is 11.3 Å². The summed E-state index contributed by atoms with van der Waals surface area (Å²) in [4.78, 5) is 9.57. The molecule has 0 fully saturated rings. The molecule has 44 heavy (non-hydrogen) atoms. The van der Waals surface area contributed by atoms with E-state index < -0.39 is 0 Å². The Labute approximate surface area is 257 Å². The molecule has 0 aliphatic carbocycles. The van der Waals surface area contributed by atoms with Crippen LogP contribution in [0.5, 0.6) is 0 Å². The van der Waals surface area contributed by atoms with Crippen molar-refractivity contribution < 1.29 is 4.42 Å². The van der Waals surface area contributed by atoms with Crippen molar-refractivity contribution in [1.82, 2.24) is 9.97 Å². The average molecular weight is 581 g/mol. The Hall–Kier alpha value is -5.58. The number of furan rings is 1. The molecule has 3 nitrogen and oxygen atoms in total. The highest BCUT2D eigenvalue weighted by atomic mass is 32.1. The van der Waals surface area contributed by atoms with Gasteiger partial charge in [0.05, 0.1) is 15.9 Å². The third-order valence-corrected chi connectivity index (χ3v) is 9.59. The third kappa shape index (κ3) is 4.03. The lowest BCUT2D eigenvalue weighted by atomic mass is 9.99. The lowest BCUT2D eigenvalue weighted by Crippen LogP contribution is -1.87. The molecule has 0 aliphatic rings. The molecule has 0 radical (unpaired) electrons. The van der Waals surface area contributed by atoms with Gasteiger partial charge in [0.25, 0.3) is 0 Å². The summed E-state index contributed by atoms with van der Waals surface area (Å²) in [6, 6.07) is 49.1. The molecular weight excluding hydrogens is 557 g/mol. The molecule has 0 N–H and O–H groups in total. The Morgan fingerprint density at radius 2 is 1.16 bits per heavy atom. The van der Waals surface area contributed by atoms with Gasteiger partial charge in [0.1, 0.15) is 17.5 Å². The van der Waals surface area contributed by atoms with E-state index in [1.165, 1.54) is 27.0 Å². The number of aromatic nitrogens is 2. The Balaban J connectivity index is 1.13. The molecule has 6 aromatic carbocycles. The van der Waals surface area contributed by atoms with Crippen molar-refractivity contribution in [2.24, 2.45) is 0 Å². The van der Waals surface area contributed by atoms with E-state index in [0.717, 1.165) is 59.9 Å². The molecule has 0 atom stereocenters. The van der Waals surface area contributed by atoms with Crippen molar-refractivity contribution in [3.8, 4) is 44.6 Å². The summed E-state index contributed by atoms with van der Waals surface area (Å²) in [6.45, 7) is 0. The van der Waals surface area contributed by atoms with Crippen molar-refractivity contribution >= 4 is 53.6 Å². The number of rotatable bonds is 4. The SMILES string of the molecule is c1ccc(-c2ccc(-c3ccc4sc5c(-c6cccc(-c7cccc8c7oc7ccccc78)c6)ncnc5c4c3)cc2)cc1. The molecule has 3 aromatic heterocycles. The zero-order valence-electron chi connectivity index (χ0n) is 23.6. The van der Waals surface area contributed by atoms with E-state index in [4.69, 9.17) is 14.4 Å². The van der Waals surface area contributed by atoms with Crippen LogP contribution in [0.15, 0.2) is 150 Å². The summed E-state index contributed by atoms with van der Waals surface area (Å²) in [7, 11) is 0. The van der Waals surface area contributed by atoms with E-state index in [-0.39, 0.29) is 0 Å². The van der Waals surface area contributed by atoms with Gasteiger partial charge in [0, 0.05) is 32.0 Å². The Morgan fingerprint density at radius 3 is 2.05 bits per heavy atom. The highest BCUT2D eigenvalue weighted by Gasteiger charge is 2.16. The van der Waals surface area contributed by atoms with Crippen molar-refractivity contribution in [3.63, 3.8) is 0 Å². The first-order valence-corrected chi connectivity index (χ1v) is 15.5. The molecule has 0 spiro atoms. The average Bonchev–Trinajstić information content (AvgIpc) is 3.67. The summed E-state index contributed by atoms with van der Waals surface area (Å²) in [5.41, 5.74) is 11.8. The molecule has 206 valence electrons. The highest BCUT2D eigenvalue weighted by molar-refractivity contribution is 7.26.